The van der Waals surface area contributed by atoms with Crippen LogP contribution >= 0.6 is 11.3 Å². The van der Waals surface area contributed by atoms with Gasteiger partial charge in [0.1, 0.15) is 5.82 Å². The third kappa shape index (κ3) is 3.89. The predicted molar refractivity (Wildman–Crippen MR) is 96.6 cm³/mol. The van der Waals surface area contributed by atoms with E-state index in [1.807, 2.05) is 29.9 Å². The number of fused-ring (bicyclic) bond motifs is 1. The van der Waals surface area contributed by atoms with Crippen LogP contribution in [0, 0.1) is 0 Å². The van der Waals surface area contributed by atoms with Crippen molar-refractivity contribution in [3.05, 3.63) is 41.9 Å². The first-order valence-corrected chi connectivity index (χ1v) is 9.12. The number of carbonyl (C=O) groups excluding carboxylic acids is 1. The molecule has 0 unspecified atom stereocenters. The highest BCUT2D eigenvalue weighted by Gasteiger charge is 2.15. The van der Waals surface area contributed by atoms with Crippen molar-refractivity contribution in [3.8, 4) is 10.4 Å². The lowest BCUT2D eigenvalue weighted by Crippen LogP contribution is -2.40. The van der Waals surface area contributed by atoms with Crippen LogP contribution < -0.4 is 0 Å². The lowest BCUT2D eigenvalue weighted by molar-refractivity contribution is -0.120. The van der Waals surface area contributed by atoms with E-state index in [-0.39, 0.29) is 12.2 Å². The number of ketones is 1. The fourth-order valence-electron chi connectivity index (χ4n) is 2.90. The monoisotopic (exact) mass is 354 g/mol. The van der Waals surface area contributed by atoms with E-state index in [2.05, 4.69) is 19.9 Å². The number of morpholine rings is 1. The van der Waals surface area contributed by atoms with Crippen LogP contribution in [0.5, 0.6) is 0 Å². The van der Waals surface area contributed by atoms with Gasteiger partial charge in [0.25, 0.3) is 0 Å². The van der Waals surface area contributed by atoms with Crippen LogP contribution in [0.2, 0.25) is 0 Å². The molecule has 0 saturated carbocycles. The fourth-order valence-corrected chi connectivity index (χ4v) is 3.52. The summed E-state index contributed by atoms with van der Waals surface area (Å²) >= 11 is 1.59. The number of carbonyl (C=O) groups is 1. The van der Waals surface area contributed by atoms with Crippen LogP contribution in [-0.4, -0.2) is 58.5 Å². The Morgan fingerprint density at radius 2 is 2.12 bits per heavy atom. The van der Waals surface area contributed by atoms with Gasteiger partial charge in [0.15, 0.2) is 5.78 Å². The molecule has 0 N–H and O–H groups in total. The van der Waals surface area contributed by atoms with Crippen molar-refractivity contribution in [2.75, 3.05) is 32.8 Å². The Morgan fingerprint density at radius 1 is 1.24 bits per heavy atom. The zero-order valence-corrected chi connectivity index (χ0v) is 14.5. The molecule has 0 bridgehead atoms. The van der Waals surface area contributed by atoms with E-state index in [0.717, 1.165) is 34.4 Å². The Balaban J connectivity index is 1.50. The highest BCUT2D eigenvalue weighted by molar-refractivity contribution is 7.13. The molecule has 3 heterocycles. The van der Waals surface area contributed by atoms with Crippen LogP contribution in [0.25, 0.3) is 21.3 Å². The summed E-state index contributed by atoms with van der Waals surface area (Å²) in [4.78, 5) is 28.6. The third-order valence-corrected chi connectivity index (χ3v) is 5.03. The lowest BCUT2D eigenvalue weighted by Gasteiger charge is -2.25. The topological polar surface area (TPSA) is 68.2 Å². The minimum Gasteiger partial charge on any atom is -0.379 e. The van der Waals surface area contributed by atoms with Crippen molar-refractivity contribution >= 4 is 28.0 Å². The molecule has 7 heteroatoms. The zero-order chi connectivity index (χ0) is 17.1. The summed E-state index contributed by atoms with van der Waals surface area (Å²) in [5.74, 6) is 0.715. The van der Waals surface area contributed by atoms with Gasteiger partial charge in [0.05, 0.1) is 42.1 Å². The van der Waals surface area contributed by atoms with Gasteiger partial charge in [-0.1, -0.05) is 12.1 Å². The number of aromatic nitrogens is 3. The number of rotatable bonds is 5. The average molecular weight is 354 g/mol. The van der Waals surface area contributed by atoms with Crippen LogP contribution in [0.15, 0.2) is 36.1 Å². The molecular weight excluding hydrogens is 336 g/mol. The Kier molecular flexibility index (Phi) is 4.78. The molecule has 1 aliphatic heterocycles. The van der Waals surface area contributed by atoms with Gasteiger partial charge in [0.2, 0.25) is 0 Å². The molecule has 0 spiro atoms. The SMILES string of the molecule is O=C(Cc1ncc2ccc(-c3cncs3)cc2n1)CN1CCOCC1. The van der Waals surface area contributed by atoms with Gasteiger partial charge in [-0.15, -0.1) is 11.3 Å². The first kappa shape index (κ1) is 16.3. The van der Waals surface area contributed by atoms with Crippen molar-refractivity contribution in [1.29, 1.82) is 0 Å². The summed E-state index contributed by atoms with van der Waals surface area (Å²) in [7, 11) is 0. The largest absolute Gasteiger partial charge is 0.379 e. The van der Waals surface area contributed by atoms with Crippen LogP contribution in [0.1, 0.15) is 5.82 Å². The number of benzene rings is 1. The third-order valence-electron chi connectivity index (χ3n) is 4.21. The summed E-state index contributed by atoms with van der Waals surface area (Å²) in [5.41, 5.74) is 3.75. The van der Waals surface area contributed by atoms with Crippen molar-refractivity contribution < 1.29 is 9.53 Å². The average Bonchev–Trinajstić information content (AvgIpc) is 3.16. The van der Waals surface area contributed by atoms with Crippen LogP contribution in [0.3, 0.4) is 0 Å². The number of nitrogens with zero attached hydrogens (tertiary/aromatic N) is 4. The van der Waals surface area contributed by atoms with Crippen LogP contribution in [0.4, 0.5) is 0 Å². The van der Waals surface area contributed by atoms with Crippen molar-refractivity contribution in [3.63, 3.8) is 0 Å². The smallest absolute Gasteiger partial charge is 0.154 e. The second kappa shape index (κ2) is 7.35. The first-order valence-electron chi connectivity index (χ1n) is 8.24. The maximum absolute atomic E-state index is 12.3. The molecule has 0 amide bonds. The summed E-state index contributed by atoms with van der Waals surface area (Å²) in [5, 5.41) is 0.970. The molecule has 0 atom stereocenters. The summed E-state index contributed by atoms with van der Waals surface area (Å²) in [6, 6.07) is 6.08. The van der Waals surface area contributed by atoms with E-state index in [1.54, 1.807) is 17.5 Å². The van der Waals surface area contributed by atoms with Gasteiger partial charge in [-0.05, 0) is 11.6 Å². The van der Waals surface area contributed by atoms with E-state index >= 15 is 0 Å². The van der Waals surface area contributed by atoms with Crippen molar-refractivity contribution in [2.45, 2.75) is 6.42 Å². The van der Waals surface area contributed by atoms with Gasteiger partial charge in [-0.25, -0.2) is 9.97 Å². The molecule has 3 aromatic rings. The molecule has 1 fully saturated rings. The first-order chi connectivity index (χ1) is 12.3. The highest BCUT2D eigenvalue weighted by Crippen LogP contribution is 2.26. The van der Waals surface area contributed by atoms with E-state index in [9.17, 15) is 4.79 Å². The van der Waals surface area contributed by atoms with Crippen molar-refractivity contribution in [2.24, 2.45) is 0 Å². The van der Waals surface area contributed by atoms with Gasteiger partial charge in [-0.2, -0.15) is 0 Å². The molecule has 6 nitrogen and oxygen atoms in total. The fraction of sp³-hybridized carbons (Fsp3) is 0.333. The van der Waals surface area contributed by atoms with E-state index in [0.29, 0.717) is 25.6 Å². The van der Waals surface area contributed by atoms with Gasteiger partial charge < -0.3 is 4.74 Å². The minimum atomic E-state index is 0.139. The molecule has 1 aromatic carbocycles. The van der Waals surface area contributed by atoms with E-state index in [4.69, 9.17) is 4.74 Å². The highest BCUT2D eigenvalue weighted by atomic mass is 32.1. The Hall–Kier alpha value is -2.22. The number of ether oxygens (including phenoxy) is 1. The molecule has 4 rings (SSSR count). The Bertz CT molecular complexity index is 876. The Labute approximate surface area is 149 Å². The summed E-state index contributed by atoms with van der Waals surface area (Å²) < 4.78 is 5.31. The lowest BCUT2D eigenvalue weighted by atomic mass is 10.1. The molecule has 0 radical (unpaired) electrons. The molecular formula is C18H18N4O2S. The molecule has 0 aliphatic carbocycles. The number of thiazole rings is 1. The van der Waals surface area contributed by atoms with Gasteiger partial charge in [-0.3, -0.25) is 14.7 Å². The number of Topliss-reactive ketones (excluding diaryl/α,β-unsaturated/α-hetero) is 1. The number of hydrogen-bond donors (Lipinski definition) is 0. The maximum atomic E-state index is 12.3. The van der Waals surface area contributed by atoms with Crippen LogP contribution in [-0.2, 0) is 16.0 Å². The second-order valence-corrected chi connectivity index (χ2v) is 6.92. The van der Waals surface area contributed by atoms with Crippen molar-refractivity contribution in [1.82, 2.24) is 19.9 Å². The second-order valence-electron chi connectivity index (χ2n) is 6.03. The van der Waals surface area contributed by atoms with Gasteiger partial charge in [0, 0.05) is 30.9 Å². The summed E-state index contributed by atoms with van der Waals surface area (Å²) in [6.07, 6.45) is 3.90. The molecule has 25 heavy (non-hydrogen) atoms. The minimum absolute atomic E-state index is 0.139. The van der Waals surface area contributed by atoms with E-state index < -0.39 is 0 Å². The molecule has 128 valence electrons. The predicted octanol–water partition coefficient (Wildman–Crippen LogP) is 2.20. The normalized spacial score (nSPS) is 15.5. The molecule has 1 saturated heterocycles. The number of hydrogen-bond acceptors (Lipinski definition) is 7. The Morgan fingerprint density at radius 3 is 2.92 bits per heavy atom. The summed E-state index contributed by atoms with van der Waals surface area (Å²) in [6.45, 7) is 3.44. The standard InChI is InChI=1S/C18H18N4O2S/c23-15(11-22-3-5-24-6-4-22)8-18-20-9-14-2-1-13(7-16(14)21-18)17-10-19-12-25-17/h1-2,7,9-10,12H,3-6,8,11H2. The van der Waals surface area contributed by atoms with E-state index in [1.165, 1.54) is 0 Å². The maximum Gasteiger partial charge on any atom is 0.154 e. The van der Waals surface area contributed by atoms with Gasteiger partial charge >= 0.3 is 0 Å². The molecule has 2 aromatic heterocycles. The molecule has 1 aliphatic rings. The zero-order valence-electron chi connectivity index (χ0n) is 13.7. The quantitative estimate of drug-likeness (QED) is 0.700.